The predicted molar refractivity (Wildman–Crippen MR) is 44.4 cm³/mol. The Morgan fingerprint density at radius 3 is 2.31 bits per heavy atom. The van der Waals surface area contributed by atoms with Crippen LogP contribution in [0.3, 0.4) is 0 Å². The van der Waals surface area contributed by atoms with Crippen LogP contribution in [0.25, 0.3) is 0 Å². The van der Waals surface area contributed by atoms with Gasteiger partial charge in [0.2, 0.25) is 0 Å². The van der Waals surface area contributed by atoms with E-state index in [1.54, 1.807) is 0 Å². The normalized spacial score (nSPS) is 14.0. The molecule has 5 heteroatoms. The van der Waals surface area contributed by atoms with Gasteiger partial charge in [-0.1, -0.05) is 0 Å². The van der Waals surface area contributed by atoms with Crippen molar-refractivity contribution in [2.45, 2.75) is 18.9 Å². The van der Waals surface area contributed by atoms with Gasteiger partial charge >= 0.3 is 6.03 Å². The molecule has 1 N–H and O–H groups in total. The Kier molecular flexibility index (Phi) is 3.10. The molecule has 5 nitrogen and oxygen atoms in total. The van der Waals surface area contributed by atoms with Crippen LogP contribution in [-0.2, 0) is 0 Å². The monoisotopic (exact) mass is 178 g/mol. The molecule has 1 aliphatic rings. The number of hydrogen-bond acceptors (Lipinski definition) is 3. The van der Waals surface area contributed by atoms with Gasteiger partial charge in [-0.25, -0.2) is 4.79 Å². The molecule has 0 aromatic carbocycles. The highest BCUT2D eigenvalue weighted by Crippen LogP contribution is 2.18. The van der Waals surface area contributed by atoms with Crippen LogP contribution < -0.4 is 5.32 Å². The van der Waals surface area contributed by atoms with Crippen LogP contribution in [0.4, 0.5) is 4.79 Å². The largest absolute Gasteiger partial charge is 0.335 e. The summed E-state index contributed by atoms with van der Waals surface area (Å²) in [6.07, 6.45) is 2.00. The molecular formula is C8H10N4O. The average Bonchev–Trinajstić information content (AvgIpc) is 2.88. The predicted octanol–water partition coefficient (Wildman–Crippen LogP) is 0.208. The summed E-state index contributed by atoms with van der Waals surface area (Å²) in [5.41, 5.74) is 0. The van der Waals surface area contributed by atoms with Crippen molar-refractivity contribution in [3.05, 3.63) is 0 Å². The van der Waals surface area contributed by atoms with Crippen LogP contribution in [0.2, 0.25) is 0 Å². The number of carbonyl (C=O) groups is 1. The number of rotatable bonds is 3. The number of nitrogens with one attached hydrogen (secondary N) is 1. The van der Waals surface area contributed by atoms with E-state index in [9.17, 15) is 4.79 Å². The second-order valence-corrected chi connectivity index (χ2v) is 2.90. The molecule has 13 heavy (non-hydrogen) atoms. The molecule has 68 valence electrons. The first-order chi connectivity index (χ1) is 6.27. The maximum Gasteiger partial charge on any atom is 0.319 e. The van der Waals surface area contributed by atoms with Crippen LogP contribution in [0.1, 0.15) is 12.8 Å². The van der Waals surface area contributed by atoms with E-state index >= 15 is 0 Å². The summed E-state index contributed by atoms with van der Waals surface area (Å²) in [7, 11) is 0. The van der Waals surface area contributed by atoms with Crippen molar-refractivity contribution in [3.8, 4) is 12.1 Å². The Labute approximate surface area is 76.5 Å². The Hall–Kier alpha value is -1.75. The van der Waals surface area contributed by atoms with Crippen molar-refractivity contribution in [1.82, 2.24) is 10.2 Å². The first-order valence-corrected chi connectivity index (χ1v) is 4.07. The molecule has 0 aliphatic heterocycles. The molecule has 0 heterocycles. The van der Waals surface area contributed by atoms with Gasteiger partial charge in [-0.2, -0.15) is 10.5 Å². The molecule has 0 unspecified atom stereocenters. The number of nitriles is 2. The third-order valence-corrected chi connectivity index (χ3v) is 1.72. The Morgan fingerprint density at radius 1 is 1.38 bits per heavy atom. The van der Waals surface area contributed by atoms with Crippen LogP contribution in [0, 0.1) is 22.7 Å². The molecule has 0 aromatic heterocycles. The summed E-state index contributed by atoms with van der Waals surface area (Å²) in [5, 5.41) is 19.5. The van der Waals surface area contributed by atoms with Gasteiger partial charge in [-0.3, -0.25) is 4.90 Å². The van der Waals surface area contributed by atoms with Crippen LogP contribution in [0.15, 0.2) is 0 Å². The van der Waals surface area contributed by atoms with E-state index in [0.29, 0.717) is 0 Å². The van der Waals surface area contributed by atoms with Crippen LogP contribution in [0.5, 0.6) is 0 Å². The zero-order chi connectivity index (χ0) is 9.68. The summed E-state index contributed by atoms with van der Waals surface area (Å²) in [6.45, 7) is -0.0712. The number of nitrogens with zero attached hydrogens (tertiary/aromatic N) is 3. The minimum absolute atomic E-state index is 0.0356. The van der Waals surface area contributed by atoms with E-state index in [0.717, 1.165) is 12.8 Å². The van der Waals surface area contributed by atoms with Gasteiger partial charge < -0.3 is 5.32 Å². The van der Waals surface area contributed by atoms with Crippen LogP contribution in [-0.4, -0.2) is 30.1 Å². The average molecular weight is 178 g/mol. The lowest BCUT2D eigenvalue weighted by Gasteiger charge is -2.15. The zero-order valence-corrected chi connectivity index (χ0v) is 7.16. The number of hydrogen-bond donors (Lipinski definition) is 1. The quantitative estimate of drug-likeness (QED) is 0.627. The fourth-order valence-corrected chi connectivity index (χ4v) is 0.864. The molecular weight excluding hydrogens is 168 g/mol. The maximum atomic E-state index is 11.3. The highest BCUT2D eigenvalue weighted by Gasteiger charge is 2.25. The van der Waals surface area contributed by atoms with Gasteiger partial charge in [0.05, 0.1) is 12.1 Å². The second kappa shape index (κ2) is 4.32. The molecule has 0 saturated heterocycles. The molecule has 1 fully saturated rings. The van der Waals surface area contributed by atoms with E-state index in [4.69, 9.17) is 10.5 Å². The summed E-state index contributed by atoms with van der Waals surface area (Å²) in [4.78, 5) is 12.5. The third-order valence-electron chi connectivity index (χ3n) is 1.72. The van der Waals surface area contributed by atoms with Crippen molar-refractivity contribution < 1.29 is 4.79 Å². The SMILES string of the molecule is N#CCN(CC#N)C(=O)NC1CC1. The smallest absolute Gasteiger partial charge is 0.319 e. The van der Waals surface area contributed by atoms with Gasteiger partial charge in [0.1, 0.15) is 13.1 Å². The molecule has 2 amide bonds. The van der Waals surface area contributed by atoms with E-state index in [-0.39, 0.29) is 25.2 Å². The van der Waals surface area contributed by atoms with E-state index < -0.39 is 0 Å². The number of urea groups is 1. The number of carbonyl (C=O) groups excluding carboxylic acids is 1. The van der Waals surface area contributed by atoms with Crippen molar-refractivity contribution in [1.29, 1.82) is 10.5 Å². The van der Waals surface area contributed by atoms with Crippen LogP contribution >= 0.6 is 0 Å². The van der Waals surface area contributed by atoms with Gasteiger partial charge in [0, 0.05) is 6.04 Å². The van der Waals surface area contributed by atoms with Gasteiger partial charge in [-0.05, 0) is 12.8 Å². The van der Waals surface area contributed by atoms with Crippen molar-refractivity contribution in [2.75, 3.05) is 13.1 Å². The minimum atomic E-state index is -0.314. The molecule has 0 aromatic rings. The van der Waals surface area contributed by atoms with Crippen molar-refractivity contribution >= 4 is 6.03 Å². The van der Waals surface area contributed by atoms with Crippen molar-refractivity contribution in [3.63, 3.8) is 0 Å². The lowest BCUT2D eigenvalue weighted by atomic mass is 10.5. The molecule has 1 rings (SSSR count). The topological polar surface area (TPSA) is 79.9 Å². The Balaban J connectivity index is 2.38. The summed E-state index contributed by atoms with van der Waals surface area (Å²) in [5.74, 6) is 0. The fourth-order valence-electron chi connectivity index (χ4n) is 0.864. The van der Waals surface area contributed by atoms with Crippen molar-refractivity contribution in [2.24, 2.45) is 0 Å². The Bertz CT molecular complexity index is 255. The lowest BCUT2D eigenvalue weighted by molar-refractivity contribution is 0.209. The molecule has 0 atom stereocenters. The standard InChI is InChI=1S/C8H10N4O/c9-3-5-12(6-4-10)8(13)11-7-1-2-7/h7H,1-2,5-6H2,(H,11,13). The van der Waals surface area contributed by atoms with E-state index in [1.807, 2.05) is 12.1 Å². The second-order valence-electron chi connectivity index (χ2n) is 2.90. The summed E-state index contributed by atoms with van der Waals surface area (Å²) < 4.78 is 0. The van der Waals surface area contributed by atoms with E-state index in [2.05, 4.69) is 5.32 Å². The highest BCUT2D eigenvalue weighted by molar-refractivity contribution is 5.75. The first-order valence-electron chi connectivity index (χ1n) is 4.07. The molecule has 0 spiro atoms. The molecule has 0 bridgehead atoms. The molecule has 0 radical (unpaired) electrons. The van der Waals surface area contributed by atoms with Gasteiger partial charge in [0.25, 0.3) is 0 Å². The van der Waals surface area contributed by atoms with Gasteiger partial charge in [-0.15, -0.1) is 0 Å². The van der Waals surface area contributed by atoms with E-state index in [1.165, 1.54) is 4.90 Å². The zero-order valence-electron chi connectivity index (χ0n) is 7.16. The molecule has 1 saturated carbocycles. The Morgan fingerprint density at radius 2 is 1.92 bits per heavy atom. The minimum Gasteiger partial charge on any atom is -0.335 e. The summed E-state index contributed by atoms with van der Waals surface area (Å²) >= 11 is 0. The lowest BCUT2D eigenvalue weighted by Crippen LogP contribution is -2.41. The molecule has 1 aliphatic carbocycles. The summed E-state index contributed by atoms with van der Waals surface area (Å²) in [6, 6.07) is 3.62. The first kappa shape index (κ1) is 9.34. The van der Waals surface area contributed by atoms with Gasteiger partial charge in [0.15, 0.2) is 0 Å². The fraction of sp³-hybridized carbons (Fsp3) is 0.625. The highest BCUT2D eigenvalue weighted by atomic mass is 16.2. The third kappa shape index (κ3) is 3.00. The maximum absolute atomic E-state index is 11.3. The number of amides is 2.